The zero-order chi connectivity index (χ0) is 18.6. The molecule has 0 radical (unpaired) electrons. The van der Waals surface area contributed by atoms with E-state index in [2.05, 4.69) is 31.6 Å². The van der Waals surface area contributed by atoms with Gasteiger partial charge in [0.25, 0.3) is 5.56 Å². The Morgan fingerprint density at radius 2 is 1.93 bits per heavy atom. The molecule has 1 saturated heterocycles. The zero-order valence-electron chi connectivity index (χ0n) is 15.8. The SMILES string of the molecule is CSc1ccc2cc(-c3nccn3CCN3CCCCCC3)c(=O)[nH]c2c1. The third kappa shape index (κ3) is 4.12. The third-order valence-electron chi connectivity index (χ3n) is 5.37. The number of imidazole rings is 1. The van der Waals surface area contributed by atoms with Crippen molar-refractivity contribution in [1.29, 1.82) is 0 Å². The minimum Gasteiger partial charge on any atom is -0.330 e. The lowest BCUT2D eigenvalue weighted by molar-refractivity contribution is 0.274. The van der Waals surface area contributed by atoms with Gasteiger partial charge in [-0.25, -0.2) is 4.98 Å². The maximum atomic E-state index is 12.7. The van der Waals surface area contributed by atoms with Crippen molar-refractivity contribution in [2.24, 2.45) is 0 Å². The number of benzene rings is 1. The van der Waals surface area contributed by atoms with Crippen molar-refractivity contribution < 1.29 is 0 Å². The number of thioether (sulfide) groups is 1. The quantitative estimate of drug-likeness (QED) is 0.678. The van der Waals surface area contributed by atoms with Crippen molar-refractivity contribution in [2.45, 2.75) is 37.1 Å². The average Bonchev–Trinajstić information content (AvgIpc) is 2.99. The first-order chi connectivity index (χ1) is 13.2. The lowest BCUT2D eigenvalue weighted by atomic mass is 10.1. The molecule has 1 aromatic carbocycles. The van der Waals surface area contributed by atoms with E-state index in [-0.39, 0.29) is 5.56 Å². The number of hydrogen-bond acceptors (Lipinski definition) is 4. The molecule has 0 amide bonds. The Kier molecular flexibility index (Phi) is 5.64. The summed E-state index contributed by atoms with van der Waals surface area (Å²) in [5.41, 5.74) is 1.43. The highest BCUT2D eigenvalue weighted by molar-refractivity contribution is 7.98. The van der Waals surface area contributed by atoms with Gasteiger partial charge in [0.1, 0.15) is 5.82 Å². The van der Waals surface area contributed by atoms with E-state index in [1.807, 2.05) is 24.6 Å². The van der Waals surface area contributed by atoms with Crippen molar-refractivity contribution in [3.8, 4) is 11.4 Å². The topological polar surface area (TPSA) is 53.9 Å². The summed E-state index contributed by atoms with van der Waals surface area (Å²) in [4.78, 5) is 23.9. The maximum absolute atomic E-state index is 12.7. The molecule has 0 saturated carbocycles. The number of hydrogen-bond donors (Lipinski definition) is 1. The van der Waals surface area contributed by atoms with Gasteiger partial charge in [-0.1, -0.05) is 18.9 Å². The number of likely N-dealkylation sites (tertiary alicyclic amines) is 1. The van der Waals surface area contributed by atoms with E-state index >= 15 is 0 Å². The Bertz CT molecular complexity index is 970. The molecule has 0 aliphatic carbocycles. The van der Waals surface area contributed by atoms with E-state index < -0.39 is 0 Å². The molecule has 0 spiro atoms. The van der Waals surface area contributed by atoms with Crippen LogP contribution in [-0.2, 0) is 6.54 Å². The van der Waals surface area contributed by atoms with Gasteiger partial charge in [0.2, 0.25) is 0 Å². The van der Waals surface area contributed by atoms with E-state index in [9.17, 15) is 4.79 Å². The number of pyridine rings is 1. The average molecular weight is 383 g/mol. The van der Waals surface area contributed by atoms with Crippen molar-refractivity contribution in [2.75, 3.05) is 25.9 Å². The van der Waals surface area contributed by atoms with Crippen molar-refractivity contribution >= 4 is 22.7 Å². The lowest BCUT2D eigenvalue weighted by Gasteiger charge is -2.20. The van der Waals surface area contributed by atoms with E-state index in [1.165, 1.54) is 38.8 Å². The Labute approximate surface area is 163 Å². The first-order valence-corrected chi connectivity index (χ1v) is 10.9. The van der Waals surface area contributed by atoms with Gasteiger partial charge in [-0.3, -0.25) is 4.79 Å². The summed E-state index contributed by atoms with van der Waals surface area (Å²) >= 11 is 1.67. The van der Waals surface area contributed by atoms with Gasteiger partial charge in [0.15, 0.2) is 0 Å². The minimum atomic E-state index is -0.0806. The molecule has 5 nitrogen and oxygen atoms in total. The second-order valence-electron chi connectivity index (χ2n) is 7.17. The number of H-pyrrole nitrogens is 1. The highest BCUT2D eigenvalue weighted by Gasteiger charge is 2.14. The molecule has 0 bridgehead atoms. The molecule has 0 atom stereocenters. The molecule has 1 aliphatic rings. The number of aromatic amines is 1. The van der Waals surface area contributed by atoms with Crippen molar-refractivity contribution in [1.82, 2.24) is 19.4 Å². The van der Waals surface area contributed by atoms with Crippen LogP contribution in [0.1, 0.15) is 25.7 Å². The number of nitrogens with zero attached hydrogens (tertiary/aromatic N) is 3. The van der Waals surface area contributed by atoms with Crippen molar-refractivity contribution in [3.05, 3.63) is 47.0 Å². The van der Waals surface area contributed by atoms with Gasteiger partial charge in [0.05, 0.1) is 5.56 Å². The van der Waals surface area contributed by atoms with Crippen LogP contribution < -0.4 is 5.56 Å². The van der Waals surface area contributed by atoms with Gasteiger partial charge < -0.3 is 14.5 Å². The molecule has 4 rings (SSSR count). The summed E-state index contributed by atoms with van der Waals surface area (Å²) < 4.78 is 2.11. The summed E-state index contributed by atoms with van der Waals surface area (Å²) in [5, 5.41) is 1.03. The largest absolute Gasteiger partial charge is 0.330 e. The van der Waals surface area contributed by atoms with Crippen LogP contribution in [0.2, 0.25) is 0 Å². The lowest BCUT2D eigenvalue weighted by Crippen LogP contribution is -2.28. The Morgan fingerprint density at radius 3 is 2.70 bits per heavy atom. The van der Waals surface area contributed by atoms with Crippen LogP contribution in [-0.4, -0.2) is 45.3 Å². The molecule has 2 aromatic heterocycles. The molecule has 1 fully saturated rings. The van der Waals surface area contributed by atoms with Gasteiger partial charge in [0, 0.05) is 35.9 Å². The maximum Gasteiger partial charge on any atom is 0.259 e. The van der Waals surface area contributed by atoms with E-state index in [0.717, 1.165) is 34.7 Å². The fourth-order valence-electron chi connectivity index (χ4n) is 3.82. The van der Waals surface area contributed by atoms with Crippen LogP contribution in [0.5, 0.6) is 0 Å². The van der Waals surface area contributed by atoms with Crippen LogP contribution in [0.25, 0.3) is 22.3 Å². The normalized spacial score (nSPS) is 15.9. The monoisotopic (exact) mass is 382 g/mol. The summed E-state index contributed by atoms with van der Waals surface area (Å²) in [6.45, 7) is 4.22. The summed E-state index contributed by atoms with van der Waals surface area (Å²) in [7, 11) is 0. The predicted molar refractivity (Wildman–Crippen MR) is 112 cm³/mol. The second-order valence-corrected chi connectivity index (χ2v) is 8.05. The molecule has 3 heterocycles. The van der Waals surface area contributed by atoms with Crippen LogP contribution in [0.4, 0.5) is 0 Å². The number of nitrogens with one attached hydrogen (secondary N) is 1. The van der Waals surface area contributed by atoms with Gasteiger partial charge in [-0.05, 0) is 55.8 Å². The molecule has 27 heavy (non-hydrogen) atoms. The fraction of sp³-hybridized carbons (Fsp3) is 0.429. The van der Waals surface area contributed by atoms with Crippen LogP contribution in [0.15, 0.2) is 46.3 Å². The molecule has 1 aliphatic heterocycles. The number of aromatic nitrogens is 3. The number of rotatable bonds is 5. The van der Waals surface area contributed by atoms with Gasteiger partial charge in [-0.15, -0.1) is 11.8 Å². The fourth-order valence-corrected chi connectivity index (χ4v) is 4.26. The third-order valence-corrected chi connectivity index (χ3v) is 6.09. The van der Waals surface area contributed by atoms with Crippen LogP contribution >= 0.6 is 11.8 Å². The van der Waals surface area contributed by atoms with Crippen LogP contribution in [0.3, 0.4) is 0 Å². The number of fused-ring (bicyclic) bond motifs is 1. The molecular formula is C21H26N4OS. The standard InChI is InChI=1S/C21H26N4OS/c1-27-17-7-6-16-14-18(21(26)23-19(16)15-17)20-22-8-11-25(20)13-12-24-9-4-2-3-5-10-24/h6-8,11,14-15H,2-5,9-10,12-13H2,1H3,(H,23,26). The van der Waals surface area contributed by atoms with E-state index in [1.54, 1.807) is 18.0 Å². The smallest absolute Gasteiger partial charge is 0.259 e. The molecule has 1 N–H and O–H groups in total. The van der Waals surface area contributed by atoms with Gasteiger partial charge >= 0.3 is 0 Å². The first kappa shape index (κ1) is 18.3. The minimum absolute atomic E-state index is 0.0806. The van der Waals surface area contributed by atoms with E-state index in [0.29, 0.717) is 5.56 Å². The molecular weight excluding hydrogens is 356 g/mol. The molecule has 0 unspecified atom stereocenters. The Balaban J connectivity index is 1.59. The zero-order valence-corrected chi connectivity index (χ0v) is 16.6. The summed E-state index contributed by atoms with van der Waals surface area (Å²) in [6.07, 6.45) is 11.1. The Morgan fingerprint density at radius 1 is 1.11 bits per heavy atom. The highest BCUT2D eigenvalue weighted by atomic mass is 32.2. The summed E-state index contributed by atoms with van der Waals surface area (Å²) in [5.74, 6) is 0.752. The molecule has 6 heteroatoms. The highest BCUT2D eigenvalue weighted by Crippen LogP contribution is 2.23. The van der Waals surface area contributed by atoms with Crippen molar-refractivity contribution in [3.63, 3.8) is 0 Å². The van der Waals surface area contributed by atoms with Gasteiger partial charge in [-0.2, -0.15) is 0 Å². The second kappa shape index (κ2) is 8.31. The molecule has 142 valence electrons. The summed E-state index contributed by atoms with van der Waals surface area (Å²) in [6, 6.07) is 8.13. The predicted octanol–water partition coefficient (Wildman–Crippen LogP) is 3.99. The Hall–Kier alpha value is -2.05. The van der Waals surface area contributed by atoms with Crippen LogP contribution in [0, 0.1) is 0 Å². The first-order valence-electron chi connectivity index (χ1n) is 9.69. The molecule has 3 aromatic rings. The van der Waals surface area contributed by atoms with E-state index in [4.69, 9.17) is 0 Å².